The van der Waals surface area contributed by atoms with Gasteiger partial charge >= 0.3 is 12.1 Å². The summed E-state index contributed by atoms with van der Waals surface area (Å²) in [6.07, 6.45) is -3.57. The molecule has 1 heterocycles. The first-order valence-electron chi connectivity index (χ1n) is 3.44. The maximum absolute atomic E-state index is 12.3. The van der Waals surface area contributed by atoms with E-state index in [-0.39, 0.29) is 0 Å². The lowest BCUT2D eigenvalue weighted by Crippen LogP contribution is -2.26. The Balaban J connectivity index is 3.23. The number of alkyl halides is 3. The van der Waals surface area contributed by atoms with E-state index in [0.717, 1.165) is 18.3 Å². The molecule has 1 aromatic rings. The minimum atomic E-state index is -4.63. The first-order valence-corrected chi connectivity index (χ1v) is 3.44. The fourth-order valence-corrected chi connectivity index (χ4v) is 0.866. The molecular weight excluding hydrogens is 199 g/mol. The third-order valence-corrected chi connectivity index (χ3v) is 1.43. The lowest BCUT2D eigenvalue weighted by atomic mass is 10.2. The topological polar surface area (TPSA) is 70.1 Å². The van der Waals surface area contributed by atoms with Gasteiger partial charge in [-0.05, 0) is 12.1 Å². The fourth-order valence-electron chi connectivity index (χ4n) is 0.866. The number of hydrogen-bond donors (Lipinski definition) is 1. The predicted molar refractivity (Wildman–Crippen MR) is 39.9 cm³/mol. The summed E-state index contributed by atoms with van der Waals surface area (Å²) in [6, 6.07) is 1.82. The number of pyridine rings is 1. The maximum Gasteiger partial charge on any atom is 0.418 e. The Labute approximate surface area is 76.9 Å². The highest BCUT2D eigenvalue weighted by Gasteiger charge is 2.35. The molecule has 14 heavy (non-hydrogen) atoms. The molecule has 1 aromatic heterocycles. The first kappa shape index (κ1) is 10.5. The number of carbonyl (C=O) groups is 1. The summed E-state index contributed by atoms with van der Waals surface area (Å²) in [7, 11) is 0. The van der Waals surface area contributed by atoms with Gasteiger partial charge in [-0.1, -0.05) is 0 Å². The summed E-state index contributed by atoms with van der Waals surface area (Å²) in [4.78, 5) is 14.1. The number of hydrogen-bond acceptors (Lipinski definition) is 3. The highest BCUT2D eigenvalue weighted by molar-refractivity contribution is 5.93. The summed E-state index contributed by atoms with van der Waals surface area (Å²) >= 11 is 0. The number of rotatable bonds is 1. The average Bonchev–Trinajstić information content (AvgIpc) is 2.15. The molecule has 0 aliphatic carbocycles. The van der Waals surface area contributed by atoms with Crippen molar-refractivity contribution < 1.29 is 18.0 Å². The third kappa shape index (κ3) is 1.99. The molecule has 2 N–H and O–H groups in total. The van der Waals surface area contributed by atoms with Crippen molar-refractivity contribution in [2.24, 2.45) is 5.84 Å². The predicted octanol–water partition coefficient (Wildman–Crippen LogP) is 0.719. The van der Waals surface area contributed by atoms with Gasteiger partial charge in [-0.15, -0.1) is 0 Å². The highest BCUT2D eigenvalue weighted by atomic mass is 19.4. The summed E-state index contributed by atoms with van der Waals surface area (Å²) in [5.74, 6) is 3.39. The van der Waals surface area contributed by atoms with Gasteiger partial charge in [0.05, 0.1) is 5.56 Å². The lowest BCUT2D eigenvalue weighted by Gasteiger charge is -2.08. The molecule has 0 aliphatic rings. The molecule has 0 fully saturated rings. The second kappa shape index (κ2) is 3.62. The van der Waals surface area contributed by atoms with Crippen LogP contribution in [0, 0.1) is 0 Å². The van der Waals surface area contributed by atoms with E-state index in [1.54, 1.807) is 0 Å². The molecule has 0 spiro atoms. The minimum absolute atomic E-state index is 0.741. The van der Waals surface area contributed by atoms with Gasteiger partial charge in [0.2, 0.25) is 0 Å². The molecule has 0 aliphatic heterocycles. The van der Waals surface area contributed by atoms with Crippen molar-refractivity contribution in [3.63, 3.8) is 0 Å². The van der Waals surface area contributed by atoms with Crippen LogP contribution < -0.4 is 11.3 Å². The van der Waals surface area contributed by atoms with Crippen molar-refractivity contribution in [1.82, 2.24) is 10.4 Å². The Bertz CT molecular complexity index is 350. The van der Waals surface area contributed by atoms with Crippen molar-refractivity contribution in [1.29, 1.82) is 0 Å². The minimum Gasteiger partial charge on any atom is -0.264 e. The largest absolute Gasteiger partial charge is 0.418 e. The van der Waals surface area contributed by atoms with Crippen LogP contribution in [-0.4, -0.2) is 10.9 Å². The molecular formula is C7H5F3N3O. The molecule has 0 aromatic carbocycles. The lowest BCUT2D eigenvalue weighted by molar-refractivity contribution is -0.138. The summed E-state index contributed by atoms with van der Waals surface area (Å²) in [5.41, 5.74) is 0.703. The fraction of sp³-hybridized carbons (Fsp3) is 0.143. The van der Waals surface area contributed by atoms with Crippen molar-refractivity contribution in [3.8, 4) is 0 Å². The van der Waals surface area contributed by atoms with E-state index >= 15 is 0 Å². The second-order valence-electron chi connectivity index (χ2n) is 2.33. The molecule has 0 saturated heterocycles. The molecule has 75 valence electrons. The quantitative estimate of drug-likeness (QED) is 0.416. The molecule has 1 rings (SSSR count). The van der Waals surface area contributed by atoms with Crippen LogP contribution >= 0.6 is 0 Å². The zero-order chi connectivity index (χ0) is 10.8. The van der Waals surface area contributed by atoms with Gasteiger partial charge in [0.15, 0.2) is 0 Å². The zero-order valence-corrected chi connectivity index (χ0v) is 6.75. The Morgan fingerprint density at radius 2 is 2.14 bits per heavy atom. The van der Waals surface area contributed by atoms with Crippen LogP contribution in [0.15, 0.2) is 18.3 Å². The van der Waals surface area contributed by atoms with Gasteiger partial charge in [0.25, 0.3) is 0 Å². The van der Waals surface area contributed by atoms with Gasteiger partial charge in [-0.3, -0.25) is 9.78 Å². The second-order valence-corrected chi connectivity index (χ2v) is 2.33. The molecule has 0 atom stereocenters. The molecule has 0 bridgehead atoms. The Morgan fingerprint density at radius 3 is 2.64 bits per heavy atom. The Kier molecular flexibility index (Phi) is 2.70. The smallest absolute Gasteiger partial charge is 0.264 e. The number of carbonyl (C=O) groups excluding carboxylic acids is 1. The number of halogens is 3. The van der Waals surface area contributed by atoms with Gasteiger partial charge in [-0.25, -0.2) is 5.84 Å². The first-order chi connectivity index (χ1) is 6.46. The maximum atomic E-state index is 12.3. The Hall–Kier alpha value is -1.63. The van der Waals surface area contributed by atoms with E-state index in [9.17, 15) is 18.0 Å². The molecule has 1 radical (unpaired) electrons. The summed E-state index contributed by atoms with van der Waals surface area (Å²) in [6.45, 7) is 0. The summed E-state index contributed by atoms with van der Waals surface area (Å²) < 4.78 is 36.8. The van der Waals surface area contributed by atoms with Gasteiger partial charge < -0.3 is 0 Å². The van der Waals surface area contributed by atoms with E-state index < -0.39 is 23.3 Å². The Morgan fingerprint density at radius 1 is 1.50 bits per heavy atom. The van der Waals surface area contributed by atoms with Crippen LogP contribution in [0.25, 0.3) is 0 Å². The normalized spacial score (nSPS) is 11.1. The van der Waals surface area contributed by atoms with Gasteiger partial charge in [0.1, 0.15) is 5.69 Å². The number of aromatic nitrogens is 1. The van der Waals surface area contributed by atoms with E-state index in [4.69, 9.17) is 0 Å². The SMILES string of the molecule is N[N]C(=O)c1ncccc1C(F)(F)F. The van der Waals surface area contributed by atoms with Crippen molar-refractivity contribution in [2.45, 2.75) is 6.18 Å². The molecule has 4 nitrogen and oxygen atoms in total. The highest BCUT2D eigenvalue weighted by Crippen LogP contribution is 2.30. The monoisotopic (exact) mass is 204 g/mol. The van der Waals surface area contributed by atoms with Crippen LogP contribution in [0.4, 0.5) is 13.2 Å². The van der Waals surface area contributed by atoms with Crippen LogP contribution in [-0.2, 0) is 6.18 Å². The number of nitrogens with two attached hydrogens (primary N) is 1. The van der Waals surface area contributed by atoms with Crippen LogP contribution in [0.1, 0.15) is 16.1 Å². The summed E-state index contributed by atoms with van der Waals surface area (Å²) in [5, 5.41) is 0. The van der Waals surface area contributed by atoms with Gasteiger partial charge in [-0.2, -0.15) is 18.6 Å². The van der Waals surface area contributed by atoms with Crippen molar-refractivity contribution >= 4 is 5.91 Å². The van der Waals surface area contributed by atoms with Gasteiger partial charge in [0, 0.05) is 6.20 Å². The molecule has 0 saturated carbocycles. The number of amides is 1. The third-order valence-electron chi connectivity index (χ3n) is 1.43. The van der Waals surface area contributed by atoms with E-state index in [1.165, 1.54) is 0 Å². The number of nitrogens with zero attached hydrogens (tertiary/aromatic N) is 2. The van der Waals surface area contributed by atoms with E-state index in [1.807, 2.05) is 0 Å². The van der Waals surface area contributed by atoms with E-state index in [2.05, 4.69) is 16.3 Å². The zero-order valence-electron chi connectivity index (χ0n) is 6.75. The average molecular weight is 204 g/mol. The molecule has 0 unspecified atom stereocenters. The van der Waals surface area contributed by atoms with Crippen LogP contribution in [0.5, 0.6) is 0 Å². The van der Waals surface area contributed by atoms with Crippen molar-refractivity contribution in [3.05, 3.63) is 29.6 Å². The van der Waals surface area contributed by atoms with Crippen LogP contribution in [0.3, 0.4) is 0 Å². The van der Waals surface area contributed by atoms with E-state index in [0.29, 0.717) is 0 Å². The van der Waals surface area contributed by atoms with Crippen molar-refractivity contribution in [2.75, 3.05) is 0 Å². The van der Waals surface area contributed by atoms with Crippen LogP contribution in [0.2, 0.25) is 0 Å². The molecule has 7 heteroatoms. The standard InChI is InChI=1S/C7H5F3N3O/c8-7(9,10)4-2-1-3-12-5(4)6(14)13-11/h1-3H,11H2. The molecule has 1 amide bonds.